The zero-order chi connectivity index (χ0) is 15.5. The first kappa shape index (κ1) is 17.7. The van der Waals surface area contributed by atoms with Gasteiger partial charge in [0.15, 0.2) is 0 Å². The molecule has 1 rings (SSSR count). The van der Waals surface area contributed by atoms with E-state index < -0.39 is 5.82 Å². The van der Waals surface area contributed by atoms with Crippen LogP contribution in [-0.2, 0) is 0 Å². The summed E-state index contributed by atoms with van der Waals surface area (Å²) < 4.78 is 13.7. The normalized spacial score (nSPS) is 10.6. The third-order valence-corrected chi connectivity index (χ3v) is 3.80. The highest BCUT2D eigenvalue weighted by molar-refractivity contribution is 5.94. The van der Waals surface area contributed by atoms with E-state index in [1.807, 2.05) is 6.92 Å². The number of amides is 1. The van der Waals surface area contributed by atoms with Gasteiger partial charge in [-0.3, -0.25) is 4.79 Å². The van der Waals surface area contributed by atoms with Crippen LogP contribution in [0.5, 0.6) is 0 Å². The van der Waals surface area contributed by atoms with Crippen LogP contribution in [0.25, 0.3) is 0 Å². The maximum Gasteiger partial charge on any atom is 0.256 e. The van der Waals surface area contributed by atoms with Crippen molar-refractivity contribution < 1.29 is 9.18 Å². The highest BCUT2D eigenvalue weighted by Gasteiger charge is 2.16. The van der Waals surface area contributed by atoms with Crippen molar-refractivity contribution in [3.63, 3.8) is 0 Å². The standard InChI is InChI=1S/C18H28FNO/c1-3-5-6-7-8-9-12-15-20(4-2)18(21)16-13-10-11-14-17(16)19/h10-11,13-14H,3-9,12,15H2,1-2H3. The summed E-state index contributed by atoms with van der Waals surface area (Å²) in [7, 11) is 0. The second-order valence-corrected chi connectivity index (χ2v) is 5.49. The first-order valence-electron chi connectivity index (χ1n) is 8.24. The van der Waals surface area contributed by atoms with Crippen LogP contribution in [0, 0.1) is 5.82 Å². The van der Waals surface area contributed by atoms with E-state index in [9.17, 15) is 9.18 Å². The Kier molecular flexibility index (Phi) is 8.72. The third kappa shape index (κ3) is 6.28. The van der Waals surface area contributed by atoms with Gasteiger partial charge in [0.2, 0.25) is 0 Å². The Morgan fingerprint density at radius 3 is 2.24 bits per heavy atom. The number of unbranched alkanes of at least 4 members (excludes halogenated alkanes) is 6. The molecular formula is C18H28FNO. The maximum atomic E-state index is 13.7. The van der Waals surface area contributed by atoms with Crippen LogP contribution in [0.1, 0.15) is 69.2 Å². The molecule has 0 aliphatic carbocycles. The Balaban J connectivity index is 2.34. The lowest BCUT2D eigenvalue weighted by molar-refractivity contribution is 0.0756. The van der Waals surface area contributed by atoms with Gasteiger partial charge in [0.05, 0.1) is 5.56 Å². The molecule has 0 aliphatic rings. The molecule has 1 aromatic rings. The van der Waals surface area contributed by atoms with Crippen molar-refractivity contribution >= 4 is 5.91 Å². The number of carbonyl (C=O) groups excluding carboxylic acids is 1. The molecule has 21 heavy (non-hydrogen) atoms. The lowest BCUT2D eigenvalue weighted by atomic mass is 10.1. The van der Waals surface area contributed by atoms with Gasteiger partial charge in [0, 0.05) is 13.1 Å². The van der Waals surface area contributed by atoms with E-state index in [2.05, 4.69) is 6.92 Å². The first-order chi connectivity index (χ1) is 10.2. The number of hydrogen-bond acceptors (Lipinski definition) is 1. The van der Waals surface area contributed by atoms with Crippen molar-refractivity contribution in [2.24, 2.45) is 0 Å². The van der Waals surface area contributed by atoms with E-state index in [1.165, 1.54) is 38.2 Å². The van der Waals surface area contributed by atoms with Crippen LogP contribution in [0.3, 0.4) is 0 Å². The molecule has 3 heteroatoms. The summed E-state index contributed by atoms with van der Waals surface area (Å²) >= 11 is 0. The molecular weight excluding hydrogens is 265 g/mol. The molecule has 0 radical (unpaired) electrons. The molecule has 0 saturated heterocycles. The van der Waals surface area contributed by atoms with Crippen LogP contribution < -0.4 is 0 Å². The van der Waals surface area contributed by atoms with E-state index in [4.69, 9.17) is 0 Å². The Morgan fingerprint density at radius 2 is 1.62 bits per heavy atom. The topological polar surface area (TPSA) is 20.3 Å². The smallest absolute Gasteiger partial charge is 0.256 e. The molecule has 0 bridgehead atoms. The number of hydrogen-bond donors (Lipinski definition) is 0. The van der Waals surface area contributed by atoms with Crippen LogP contribution in [0.4, 0.5) is 4.39 Å². The Bertz CT molecular complexity index is 419. The second kappa shape index (κ2) is 10.4. The van der Waals surface area contributed by atoms with Crippen molar-refractivity contribution in [2.45, 2.75) is 58.8 Å². The minimum Gasteiger partial charge on any atom is -0.339 e. The number of rotatable bonds is 10. The molecule has 0 unspecified atom stereocenters. The van der Waals surface area contributed by atoms with Crippen LogP contribution >= 0.6 is 0 Å². The highest BCUT2D eigenvalue weighted by atomic mass is 19.1. The van der Waals surface area contributed by atoms with Crippen molar-refractivity contribution in [1.29, 1.82) is 0 Å². The van der Waals surface area contributed by atoms with Gasteiger partial charge in [0.25, 0.3) is 5.91 Å². The van der Waals surface area contributed by atoms with Gasteiger partial charge < -0.3 is 4.90 Å². The van der Waals surface area contributed by atoms with Crippen molar-refractivity contribution in [3.8, 4) is 0 Å². The lowest BCUT2D eigenvalue weighted by Crippen LogP contribution is -2.32. The van der Waals surface area contributed by atoms with Gasteiger partial charge in [-0.15, -0.1) is 0 Å². The molecule has 0 atom stereocenters. The highest BCUT2D eigenvalue weighted by Crippen LogP contribution is 2.12. The van der Waals surface area contributed by atoms with Gasteiger partial charge in [0.1, 0.15) is 5.82 Å². The Hall–Kier alpha value is -1.38. The molecule has 0 fully saturated rings. The first-order valence-corrected chi connectivity index (χ1v) is 8.24. The molecule has 0 heterocycles. The molecule has 0 N–H and O–H groups in total. The molecule has 0 aromatic heterocycles. The minimum absolute atomic E-state index is 0.183. The predicted molar refractivity (Wildman–Crippen MR) is 86.0 cm³/mol. The second-order valence-electron chi connectivity index (χ2n) is 5.49. The quantitative estimate of drug-likeness (QED) is 0.553. The summed E-state index contributed by atoms with van der Waals surface area (Å²) in [5, 5.41) is 0. The van der Waals surface area contributed by atoms with Crippen molar-refractivity contribution in [1.82, 2.24) is 4.90 Å². The van der Waals surface area contributed by atoms with Crippen molar-refractivity contribution in [2.75, 3.05) is 13.1 Å². The van der Waals surface area contributed by atoms with Gasteiger partial charge in [-0.1, -0.05) is 57.6 Å². The minimum atomic E-state index is -0.430. The lowest BCUT2D eigenvalue weighted by Gasteiger charge is -2.21. The third-order valence-electron chi connectivity index (χ3n) is 3.80. The number of benzene rings is 1. The Morgan fingerprint density at radius 1 is 1.00 bits per heavy atom. The summed E-state index contributed by atoms with van der Waals surface area (Å²) in [5.74, 6) is -0.623. The Labute approximate surface area is 128 Å². The van der Waals surface area contributed by atoms with E-state index in [0.29, 0.717) is 6.54 Å². The number of carbonyl (C=O) groups is 1. The van der Waals surface area contributed by atoms with Crippen LogP contribution in [-0.4, -0.2) is 23.9 Å². The molecule has 0 aliphatic heterocycles. The summed E-state index contributed by atoms with van der Waals surface area (Å²) in [4.78, 5) is 14.0. The van der Waals surface area contributed by atoms with E-state index in [0.717, 1.165) is 19.4 Å². The summed E-state index contributed by atoms with van der Waals surface area (Å²) in [6.07, 6.45) is 8.54. The van der Waals surface area contributed by atoms with E-state index >= 15 is 0 Å². The maximum absolute atomic E-state index is 13.7. The van der Waals surface area contributed by atoms with E-state index in [-0.39, 0.29) is 11.5 Å². The van der Waals surface area contributed by atoms with Gasteiger partial charge in [-0.2, -0.15) is 0 Å². The van der Waals surface area contributed by atoms with Gasteiger partial charge >= 0.3 is 0 Å². The zero-order valence-electron chi connectivity index (χ0n) is 13.4. The van der Waals surface area contributed by atoms with Gasteiger partial charge in [-0.05, 0) is 25.5 Å². The molecule has 1 amide bonds. The number of nitrogens with zero attached hydrogens (tertiary/aromatic N) is 1. The van der Waals surface area contributed by atoms with Crippen LogP contribution in [0.2, 0.25) is 0 Å². The molecule has 0 saturated carbocycles. The van der Waals surface area contributed by atoms with E-state index in [1.54, 1.807) is 23.1 Å². The fraction of sp³-hybridized carbons (Fsp3) is 0.611. The SMILES string of the molecule is CCCCCCCCCN(CC)C(=O)c1ccccc1F. The molecule has 1 aromatic carbocycles. The largest absolute Gasteiger partial charge is 0.339 e. The molecule has 2 nitrogen and oxygen atoms in total. The fourth-order valence-electron chi connectivity index (χ4n) is 2.47. The summed E-state index contributed by atoms with van der Waals surface area (Å²) in [5.41, 5.74) is 0.183. The summed E-state index contributed by atoms with van der Waals surface area (Å²) in [6.45, 7) is 5.51. The summed E-state index contributed by atoms with van der Waals surface area (Å²) in [6, 6.07) is 6.22. The van der Waals surface area contributed by atoms with Gasteiger partial charge in [-0.25, -0.2) is 4.39 Å². The van der Waals surface area contributed by atoms with Crippen molar-refractivity contribution in [3.05, 3.63) is 35.6 Å². The molecule has 118 valence electrons. The average molecular weight is 293 g/mol. The predicted octanol–water partition coefficient (Wildman–Crippen LogP) is 5.04. The zero-order valence-corrected chi connectivity index (χ0v) is 13.4. The average Bonchev–Trinajstić information content (AvgIpc) is 2.50. The monoisotopic (exact) mass is 293 g/mol. The number of halogens is 1. The molecule has 0 spiro atoms. The fourth-order valence-corrected chi connectivity index (χ4v) is 2.47. The van der Waals surface area contributed by atoms with Crippen LogP contribution in [0.15, 0.2) is 24.3 Å².